The molecule has 4 heteroatoms. The highest BCUT2D eigenvalue weighted by atomic mass is 16.4. The van der Waals surface area contributed by atoms with Gasteiger partial charge in [-0.2, -0.15) is 0 Å². The van der Waals surface area contributed by atoms with E-state index in [-0.39, 0.29) is 17.7 Å². The van der Waals surface area contributed by atoms with Crippen molar-refractivity contribution in [2.45, 2.75) is 38.5 Å². The van der Waals surface area contributed by atoms with Gasteiger partial charge in [0.2, 0.25) is 5.91 Å². The molecule has 1 saturated carbocycles. The van der Waals surface area contributed by atoms with Gasteiger partial charge >= 0.3 is 5.97 Å². The highest BCUT2D eigenvalue weighted by Gasteiger charge is 2.30. The van der Waals surface area contributed by atoms with E-state index < -0.39 is 5.97 Å². The largest absolute Gasteiger partial charge is 0.481 e. The summed E-state index contributed by atoms with van der Waals surface area (Å²) in [5, 5.41) is 8.91. The van der Waals surface area contributed by atoms with Gasteiger partial charge in [-0.1, -0.05) is 6.08 Å². The van der Waals surface area contributed by atoms with Crippen LogP contribution in [-0.4, -0.2) is 35.5 Å². The van der Waals surface area contributed by atoms with Crippen molar-refractivity contribution in [3.05, 3.63) is 12.7 Å². The Balaban J connectivity index is 2.34. The van der Waals surface area contributed by atoms with Crippen molar-refractivity contribution in [3.63, 3.8) is 0 Å². The average molecular weight is 253 g/mol. The summed E-state index contributed by atoms with van der Waals surface area (Å²) in [5.41, 5.74) is 0. The van der Waals surface area contributed by atoms with Crippen molar-refractivity contribution in [2.24, 2.45) is 11.8 Å². The molecule has 0 bridgehead atoms. The molecule has 4 nitrogen and oxygen atoms in total. The Bertz CT molecular complexity index is 306. The summed E-state index contributed by atoms with van der Waals surface area (Å²) >= 11 is 0. The summed E-state index contributed by atoms with van der Waals surface area (Å²) in [4.78, 5) is 24.7. The molecule has 18 heavy (non-hydrogen) atoms. The number of nitrogens with zero attached hydrogens (tertiary/aromatic N) is 1. The molecule has 1 N–H and O–H groups in total. The quantitative estimate of drug-likeness (QED) is 0.583. The molecule has 1 rings (SSSR count). The number of hydrogen-bond acceptors (Lipinski definition) is 2. The molecular formula is C14H23NO3. The van der Waals surface area contributed by atoms with Crippen LogP contribution in [0.5, 0.6) is 0 Å². The van der Waals surface area contributed by atoms with Crippen LogP contribution in [0.4, 0.5) is 0 Å². The number of aliphatic carboxylic acids is 1. The minimum atomic E-state index is -0.722. The first-order chi connectivity index (χ1) is 8.56. The van der Waals surface area contributed by atoms with Gasteiger partial charge in [-0.25, -0.2) is 0 Å². The van der Waals surface area contributed by atoms with E-state index in [2.05, 4.69) is 6.58 Å². The minimum Gasteiger partial charge on any atom is -0.481 e. The summed E-state index contributed by atoms with van der Waals surface area (Å²) in [6.45, 7) is 4.41. The van der Waals surface area contributed by atoms with Crippen LogP contribution in [0.25, 0.3) is 0 Å². The normalized spacial score (nSPS) is 23.4. The number of amides is 1. The predicted octanol–water partition coefficient (Wildman–Crippen LogP) is 2.30. The van der Waals surface area contributed by atoms with Crippen molar-refractivity contribution in [1.29, 1.82) is 0 Å². The van der Waals surface area contributed by atoms with E-state index in [0.29, 0.717) is 25.7 Å². The third kappa shape index (κ3) is 4.17. The molecular weight excluding hydrogens is 230 g/mol. The van der Waals surface area contributed by atoms with E-state index in [9.17, 15) is 9.59 Å². The first-order valence-corrected chi connectivity index (χ1v) is 6.65. The molecule has 0 saturated heterocycles. The Kier molecular flexibility index (Phi) is 5.89. The fraction of sp³-hybridized carbons (Fsp3) is 0.714. The van der Waals surface area contributed by atoms with Crippen molar-refractivity contribution in [2.75, 3.05) is 13.6 Å². The number of carbonyl (C=O) groups excluding carboxylic acids is 1. The summed E-state index contributed by atoms with van der Waals surface area (Å²) in [6.07, 6.45) is 6.40. The predicted molar refractivity (Wildman–Crippen MR) is 70.2 cm³/mol. The number of carbonyl (C=O) groups is 2. The van der Waals surface area contributed by atoms with E-state index in [1.54, 1.807) is 4.90 Å². The van der Waals surface area contributed by atoms with Crippen molar-refractivity contribution in [1.82, 2.24) is 4.90 Å². The monoisotopic (exact) mass is 253 g/mol. The zero-order chi connectivity index (χ0) is 13.5. The Morgan fingerprint density at radius 1 is 1.28 bits per heavy atom. The number of hydrogen-bond donors (Lipinski definition) is 1. The smallest absolute Gasteiger partial charge is 0.306 e. The molecule has 0 radical (unpaired) electrons. The van der Waals surface area contributed by atoms with Gasteiger partial charge in [-0.05, 0) is 38.5 Å². The van der Waals surface area contributed by atoms with Crippen LogP contribution in [0.15, 0.2) is 12.7 Å². The lowest BCUT2D eigenvalue weighted by Gasteiger charge is -2.28. The summed E-state index contributed by atoms with van der Waals surface area (Å²) in [6, 6.07) is 0. The van der Waals surface area contributed by atoms with Crippen LogP contribution < -0.4 is 0 Å². The molecule has 1 aliphatic carbocycles. The SMILES string of the molecule is C=CCCCN(C)C(=O)C1CCC(C(=O)O)CC1. The van der Waals surface area contributed by atoms with E-state index in [1.165, 1.54) is 0 Å². The van der Waals surface area contributed by atoms with Gasteiger partial charge in [0.05, 0.1) is 5.92 Å². The van der Waals surface area contributed by atoms with Crippen LogP contribution in [-0.2, 0) is 9.59 Å². The van der Waals surface area contributed by atoms with E-state index in [4.69, 9.17) is 5.11 Å². The number of allylic oxidation sites excluding steroid dienone is 1. The highest BCUT2D eigenvalue weighted by Crippen LogP contribution is 2.30. The number of carboxylic acids is 1. The number of unbranched alkanes of at least 4 members (excludes halogenated alkanes) is 1. The maximum atomic E-state index is 12.1. The molecule has 1 fully saturated rings. The van der Waals surface area contributed by atoms with Gasteiger partial charge in [0.15, 0.2) is 0 Å². The zero-order valence-corrected chi connectivity index (χ0v) is 11.1. The Labute approximate surface area is 109 Å². The fourth-order valence-electron chi connectivity index (χ4n) is 2.48. The Hall–Kier alpha value is -1.32. The Morgan fingerprint density at radius 3 is 2.33 bits per heavy atom. The van der Waals surface area contributed by atoms with Crippen LogP contribution in [0.1, 0.15) is 38.5 Å². The molecule has 0 atom stereocenters. The summed E-state index contributed by atoms with van der Waals surface area (Å²) in [5.74, 6) is -0.780. The molecule has 0 heterocycles. The molecule has 0 aromatic rings. The molecule has 0 unspecified atom stereocenters. The molecule has 0 aromatic heterocycles. The molecule has 0 aliphatic heterocycles. The van der Waals surface area contributed by atoms with Gasteiger partial charge in [0, 0.05) is 19.5 Å². The fourth-order valence-corrected chi connectivity index (χ4v) is 2.48. The van der Waals surface area contributed by atoms with Gasteiger partial charge in [0.1, 0.15) is 0 Å². The van der Waals surface area contributed by atoms with Crippen molar-refractivity contribution in [3.8, 4) is 0 Å². The minimum absolute atomic E-state index is 0.0225. The second-order valence-corrected chi connectivity index (χ2v) is 5.08. The number of rotatable bonds is 6. The molecule has 1 aliphatic rings. The molecule has 102 valence electrons. The third-order valence-corrected chi connectivity index (χ3v) is 3.70. The van der Waals surface area contributed by atoms with Crippen LogP contribution in [0, 0.1) is 11.8 Å². The van der Waals surface area contributed by atoms with Crippen molar-refractivity contribution >= 4 is 11.9 Å². The maximum absolute atomic E-state index is 12.1. The van der Waals surface area contributed by atoms with Gasteiger partial charge in [-0.3, -0.25) is 9.59 Å². The van der Waals surface area contributed by atoms with E-state index in [1.807, 2.05) is 13.1 Å². The lowest BCUT2D eigenvalue weighted by atomic mass is 9.81. The second-order valence-electron chi connectivity index (χ2n) is 5.08. The summed E-state index contributed by atoms with van der Waals surface area (Å²) in [7, 11) is 1.83. The van der Waals surface area contributed by atoms with Crippen LogP contribution >= 0.6 is 0 Å². The lowest BCUT2D eigenvalue weighted by molar-refractivity contribution is -0.145. The summed E-state index contributed by atoms with van der Waals surface area (Å²) < 4.78 is 0. The average Bonchev–Trinajstić information content (AvgIpc) is 2.38. The highest BCUT2D eigenvalue weighted by molar-refractivity contribution is 5.79. The maximum Gasteiger partial charge on any atom is 0.306 e. The first kappa shape index (κ1) is 14.7. The second kappa shape index (κ2) is 7.19. The van der Waals surface area contributed by atoms with Crippen molar-refractivity contribution < 1.29 is 14.7 Å². The van der Waals surface area contributed by atoms with Gasteiger partial charge < -0.3 is 10.0 Å². The van der Waals surface area contributed by atoms with Crippen LogP contribution in [0.2, 0.25) is 0 Å². The first-order valence-electron chi connectivity index (χ1n) is 6.65. The van der Waals surface area contributed by atoms with Gasteiger partial charge in [-0.15, -0.1) is 6.58 Å². The molecule has 0 spiro atoms. The van der Waals surface area contributed by atoms with E-state index in [0.717, 1.165) is 19.4 Å². The van der Waals surface area contributed by atoms with Gasteiger partial charge in [0.25, 0.3) is 0 Å². The topological polar surface area (TPSA) is 57.6 Å². The van der Waals surface area contributed by atoms with Crippen LogP contribution in [0.3, 0.4) is 0 Å². The Morgan fingerprint density at radius 2 is 1.83 bits per heavy atom. The molecule has 0 aromatic carbocycles. The standard InChI is InChI=1S/C14H23NO3/c1-3-4-5-10-15(2)13(16)11-6-8-12(9-7-11)14(17)18/h3,11-12H,1,4-10H2,2H3,(H,17,18). The zero-order valence-electron chi connectivity index (χ0n) is 11.1. The molecule has 1 amide bonds. The lowest BCUT2D eigenvalue weighted by Crippen LogP contribution is -2.36. The third-order valence-electron chi connectivity index (χ3n) is 3.70. The number of carboxylic acid groups (broad SMARTS) is 1. The van der Waals surface area contributed by atoms with E-state index >= 15 is 0 Å².